The van der Waals surface area contributed by atoms with E-state index in [2.05, 4.69) is 21.2 Å². The van der Waals surface area contributed by atoms with Gasteiger partial charge in [0.15, 0.2) is 0 Å². The maximum absolute atomic E-state index is 13.6. The van der Waals surface area contributed by atoms with E-state index in [4.69, 9.17) is 0 Å². The molecular formula is C18H16F2N4O2. The predicted molar refractivity (Wildman–Crippen MR) is 94.2 cm³/mol. The summed E-state index contributed by atoms with van der Waals surface area (Å²) in [5.41, 5.74) is 5.09. The van der Waals surface area contributed by atoms with Crippen molar-refractivity contribution in [1.82, 2.24) is 5.43 Å². The maximum Gasteiger partial charge on any atom is 0.323 e. The number of amides is 2. The Balaban J connectivity index is 1.72. The van der Waals surface area contributed by atoms with E-state index >= 15 is 0 Å². The Kier molecular flexibility index (Phi) is 5.21. The second-order valence-corrected chi connectivity index (χ2v) is 5.73. The number of urea groups is 1. The standard InChI is InChI=1S/C18H16F2N4O2/c19-12-4-6-17(15(20)8-12)23-18(26)22-13-5-3-11-10-21-24-16(2-1-7-25)14(11)9-13/h3-10,16,24H,1-2H2,(H2,22,23,26). The van der Waals surface area contributed by atoms with Gasteiger partial charge in [-0.1, -0.05) is 6.07 Å². The quantitative estimate of drug-likeness (QED) is 0.715. The van der Waals surface area contributed by atoms with Gasteiger partial charge in [-0.2, -0.15) is 5.10 Å². The van der Waals surface area contributed by atoms with Crippen molar-refractivity contribution in [2.45, 2.75) is 18.9 Å². The fraction of sp³-hybridized carbons (Fsp3) is 0.167. The van der Waals surface area contributed by atoms with E-state index in [0.717, 1.165) is 29.5 Å². The van der Waals surface area contributed by atoms with Gasteiger partial charge in [-0.05, 0) is 41.8 Å². The molecule has 1 atom stereocenters. The first kappa shape index (κ1) is 17.5. The summed E-state index contributed by atoms with van der Waals surface area (Å²) in [5.74, 6) is -1.58. The van der Waals surface area contributed by atoms with Crippen LogP contribution in [0, 0.1) is 11.6 Å². The molecule has 1 heterocycles. The fourth-order valence-corrected chi connectivity index (χ4v) is 2.67. The highest BCUT2D eigenvalue weighted by molar-refractivity contribution is 6.00. The van der Waals surface area contributed by atoms with Crippen molar-refractivity contribution in [3.8, 4) is 0 Å². The lowest BCUT2D eigenvalue weighted by molar-refractivity contribution is -0.108. The van der Waals surface area contributed by atoms with Crippen LogP contribution in [0.1, 0.15) is 30.0 Å². The van der Waals surface area contributed by atoms with Crippen LogP contribution in [0.3, 0.4) is 0 Å². The minimum absolute atomic E-state index is 0.125. The molecule has 0 saturated heterocycles. The lowest BCUT2D eigenvalue weighted by Crippen LogP contribution is -2.23. The van der Waals surface area contributed by atoms with Crippen LogP contribution < -0.4 is 16.1 Å². The van der Waals surface area contributed by atoms with Gasteiger partial charge in [0, 0.05) is 18.2 Å². The maximum atomic E-state index is 13.6. The second kappa shape index (κ2) is 7.73. The molecule has 134 valence electrons. The Morgan fingerprint density at radius 1 is 1.19 bits per heavy atom. The van der Waals surface area contributed by atoms with E-state index in [1.807, 2.05) is 0 Å². The van der Waals surface area contributed by atoms with Gasteiger partial charge in [-0.15, -0.1) is 0 Å². The van der Waals surface area contributed by atoms with Crippen LogP contribution in [0.25, 0.3) is 0 Å². The van der Waals surface area contributed by atoms with Crippen LogP contribution >= 0.6 is 0 Å². The van der Waals surface area contributed by atoms with E-state index < -0.39 is 17.7 Å². The Hall–Kier alpha value is -3.29. The first-order chi connectivity index (χ1) is 12.6. The molecule has 26 heavy (non-hydrogen) atoms. The minimum atomic E-state index is -0.861. The Morgan fingerprint density at radius 2 is 2.04 bits per heavy atom. The SMILES string of the molecule is O=CCCC1NN=Cc2ccc(NC(=O)Nc3ccc(F)cc3F)cc21. The molecular weight excluding hydrogens is 342 g/mol. The number of aldehydes is 1. The van der Waals surface area contributed by atoms with E-state index in [0.29, 0.717) is 24.6 Å². The van der Waals surface area contributed by atoms with E-state index in [-0.39, 0.29) is 11.7 Å². The highest BCUT2D eigenvalue weighted by atomic mass is 19.1. The van der Waals surface area contributed by atoms with Crippen molar-refractivity contribution >= 4 is 29.9 Å². The number of benzene rings is 2. The summed E-state index contributed by atoms with van der Waals surface area (Å²) >= 11 is 0. The van der Waals surface area contributed by atoms with E-state index in [1.165, 1.54) is 0 Å². The molecule has 2 aromatic carbocycles. The second-order valence-electron chi connectivity index (χ2n) is 5.73. The summed E-state index contributed by atoms with van der Waals surface area (Å²) in [5, 5.41) is 8.99. The minimum Gasteiger partial charge on any atom is -0.308 e. The zero-order valence-electron chi connectivity index (χ0n) is 13.6. The molecule has 2 amide bonds. The summed E-state index contributed by atoms with van der Waals surface area (Å²) in [6.45, 7) is 0. The molecule has 0 spiro atoms. The molecule has 0 aromatic heterocycles. The molecule has 0 radical (unpaired) electrons. The molecule has 0 saturated carbocycles. The molecule has 8 heteroatoms. The lowest BCUT2D eigenvalue weighted by atomic mass is 9.96. The van der Waals surface area contributed by atoms with Crippen molar-refractivity contribution in [2.75, 3.05) is 10.6 Å². The largest absolute Gasteiger partial charge is 0.323 e. The topological polar surface area (TPSA) is 82.6 Å². The monoisotopic (exact) mass is 358 g/mol. The number of hydrazone groups is 1. The number of halogens is 2. The normalized spacial score (nSPS) is 14.9. The van der Waals surface area contributed by atoms with Crippen molar-refractivity contribution in [2.24, 2.45) is 5.10 Å². The third-order valence-corrected chi connectivity index (χ3v) is 3.91. The average Bonchev–Trinajstić information content (AvgIpc) is 2.62. The molecule has 3 N–H and O–H groups in total. The lowest BCUT2D eigenvalue weighted by Gasteiger charge is -2.23. The molecule has 1 unspecified atom stereocenters. The third kappa shape index (κ3) is 4.02. The number of carbonyl (C=O) groups excluding carboxylic acids is 2. The van der Waals surface area contributed by atoms with Crippen LogP contribution in [0.4, 0.5) is 25.0 Å². The van der Waals surface area contributed by atoms with Crippen LogP contribution in [-0.4, -0.2) is 18.5 Å². The van der Waals surface area contributed by atoms with Crippen LogP contribution in [0.2, 0.25) is 0 Å². The number of carbonyl (C=O) groups is 2. The predicted octanol–water partition coefficient (Wildman–Crippen LogP) is 3.57. The first-order valence-corrected chi connectivity index (χ1v) is 7.96. The first-order valence-electron chi connectivity index (χ1n) is 7.96. The zero-order valence-corrected chi connectivity index (χ0v) is 13.6. The van der Waals surface area contributed by atoms with Gasteiger partial charge in [-0.25, -0.2) is 13.6 Å². The number of nitrogens with one attached hydrogen (secondary N) is 3. The smallest absolute Gasteiger partial charge is 0.308 e. The zero-order chi connectivity index (χ0) is 18.5. The van der Waals surface area contributed by atoms with Gasteiger partial charge in [0.1, 0.15) is 17.9 Å². The van der Waals surface area contributed by atoms with Crippen LogP contribution in [0.15, 0.2) is 41.5 Å². The van der Waals surface area contributed by atoms with Crippen molar-refractivity contribution in [3.05, 3.63) is 59.2 Å². The van der Waals surface area contributed by atoms with Crippen molar-refractivity contribution < 1.29 is 18.4 Å². The number of hydrogen-bond acceptors (Lipinski definition) is 4. The Morgan fingerprint density at radius 3 is 2.81 bits per heavy atom. The van der Waals surface area contributed by atoms with E-state index in [1.54, 1.807) is 24.4 Å². The molecule has 0 bridgehead atoms. The van der Waals surface area contributed by atoms with Crippen LogP contribution in [-0.2, 0) is 4.79 Å². The average molecular weight is 358 g/mol. The summed E-state index contributed by atoms with van der Waals surface area (Å²) in [7, 11) is 0. The molecule has 3 rings (SSSR count). The molecule has 6 nitrogen and oxygen atoms in total. The van der Waals surface area contributed by atoms with Gasteiger partial charge in [-0.3, -0.25) is 0 Å². The number of hydrogen-bond donors (Lipinski definition) is 3. The molecule has 0 aliphatic carbocycles. The molecule has 1 aliphatic rings. The number of nitrogens with zero attached hydrogens (tertiary/aromatic N) is 1. The molecule has 0 fully saturated rings. The van der Waals surface area contributed by atoms with Crippen molar-refractivity contribution in [3.63, 3.8) is 0 Å². The Bertz CT molecular complexity index is 870. The van der Waals surface area contributed by atoms with Gasteiger partial charge in [0.25, 0.3) is 0 Å². The fourth-order valence-electron chi connectivity index (χ4n) is 2.67. The van der Waals surface area contributed by atoms with Gasteiger partial charge >= 0.3 is 6.03 Å². The molecule has 2 aromatic rings. The summed E-state index contributed by atoms with van der Waals surface area (Å²) in [6.07, 6.45) is 3.45. The van der Waals surface area contributed by atoms with Gasteiger partial charge in [0.2, 0.25) is 0 Å². The van der Waals surface area contributed by atoms with Crippen molar-refractivity contribution in [1.29, 1.82) is 0 Å². The summed E-state index contributed by atoms with van der Waals surface area (Å²) in [4.78, 5) is 22.7. The van der Waals surface area contributed by atoms with E-state index in [9.17, 15) is 18.4 Å². The summed E-state index contributed by atoms with van der Waals surface area (Å²) < 4.78 is 26.5. The Labute approximate surface area is 148 Å². The number of anilines is 2. The van der Waals surface area contributed by atoms with Crippen LogP contribution in [0.5, 0.6) is 0 Å². The van der Waals surface area contributed by atoms with Gasteiger partial charge in [0.05, 0.1) is 17.9 Å². The highest BCUT2D eigenvalue weighted by Crippen LogP contribution is 2.27. The molecule has 1 aliphatic heterocycles. The van der Waals surface area contributed by atoms with Gasteiger partial charge < -0.3 is 20.9 Å². The summed E-state index contributed by atoms with van der Waals surface area (Å²) in [6, 6.07) is 7.35. The highest BCUT2D eigenvalue weighted by Gasteiger charge is 2.18. The number of fused-ring (bicyclic) bond motifs is 1. The number of rotatable bonds is 5. The third-order valence-electron chi connectivity index (χ3n) is 3.91.